The Hall–Kier alpha value is -2.94. The van der Waals surface area contributed by atoms with Crippen LogP contribution in [-0.4, -0.2) is 31.7 Å². The van der Waals surface area contributed by atoms with Gasteiger partial charge in [-0.25, -0.2) is 12.8 Å². The molecule has 0 saturated carbocycles. The second-order valence-electron chi connectivity index (χ2n) is 6.74. The Morgan fingerprint density at radius 2 is 1.72 bits per heavy atom. The second-order valence-corrected chi connectivity index (χ2v) is 9.09. The van der Waals surface area contributed by atoms with Crippen molar-refractivity contribution >= 4 is 33.2 Å². The van der Waals surface area contributed by atoms with Crippen LogP contribution >= 0.6 is 11.6 Å². The third-order valence-corrected chi connectivity index (χ3v) is 7.05. The Bertz CT molecular complexity index is 1220. The number of hydrogen-bond donors (Lipinski definition) is 1. The van der Waals surface area contributed by atoms with Crippen molar-refractivity contribution in [2.45, 2.75) is 18.7 Å². The van der Waals surface area contributed by atoms with Crippen molar-refractivity contribution in [3.63, 3.8) is 0 Å². The number of rotatable bonds is 8. The minimum atomic E-state index is -3.78. The van der Waals surface area contributed by atoms with Gasteiger partial charge >= 0.3 is 0 Å². The average Bonchev–Trinajstić information content (AvgIpc) is 2.76. The number of nitrogens with zero attached hydrogens (tertiary/aromatic N) is 1. The maximum absolute atomic E-state index is 13.4. The van der Waals surface area contributed by atoms with Crippen molar-refractivity contribution in [3.05, 3.63) is 83.1 Å². The summed E-state index contributed by atoms with van der Waals surface area (Å²) in [4.78, 5) is 12.8. The number of sulfonamides is 1. The highest BCUT2D eigenvalue weighted by Gasteiger charge is 2.24. The first-order chi connectivity index (χ1) is 15.3. The molecular weight excluding hydrogens is 455 g/mol. The van der Waals surface area contributed by atoms with Crippen LogP contribution in [0.1, 0.15) is 24.2 Å². The van der Waals surface area contributed by atoms with Crippen LogP contribution in [0, 0.1) is 5.82 Å². The van der Waals surface area contributed by atoms with Gasteiger partial charge in [0.25, 0.3) is 5.91 Å². The number of carbonyl (C=O) groups is 1. The fourth-order valence-electron chi connectivity index (χ4n) is 3.05. The topological polar surface area (TPSA) is 75.7 Å². The fraction of sp³-hybridized carbons (Fsp3) is 0.174. The molecule has 0 saturated heterocycles. The highest BCUT2D eigenvalue weighted by atomic mass is 35.5. The van der Waals surface area contributed by atoms with Gasteiger partial charge in [0, 0.05) is 13.1 Å². The van der Waals surface area contributed by atoms with Gasteiger partial charge in [0.05, 0.1) is 21.2 Å². The molecule has 1 N–H and O–H groups in total. The van der Waals surface area contributed by atoms with Gasteiger partial charge in [-0.2, -0.15) is 4.31 Å². The molecule has 0 aliphatic heterocycles. The lowest BCUT2D eigenvalue weighted by Crippen LogP contribution is -2.30. The third-order valence-electron chi connectivity index (χ3n) is 4.69. The number of carbonyl (C=O) groups excluding carboxylic acids is 1. The SMILES string of the molecule is CCN(CC)S(=O)(=O)c1ccc(Oc2ccccc2)c(NC(=O)c2ccc(F)cc2Cl)c1. The van der Waals surface area contributed by atoms with Crippen LogP contribution in [0.5, 0.6) is 11.5 Å². The van der Waals surface area contributed by atoms with E-state index in [-0.39, 0.29) is 26.9 Å². The van der Waals surface area contributed by atoms with Crippen molar-refractivity contribution in [3.8, 4) is 11.5 Å². The van der Waals surface area contributed by atoms with Crippen molar-refractivity contribution < 1.29 is 22.3 Å². The first kappa shape index (κ1) is 23.7. The summed E-state index contributed by atoms with van der Waals surface area (Å²) in [5.41, 5.74) is 0.170. The van der Waals surface area contributed by atoms with Crippen LogP contribution in [0.3, 0.4) is 0 Å². The minimum Gasteiger partial charge on any atom is -0.455 e. The number of hydrogen-bond acceptors (Lipinski definition) is 4. The van der Waals surface area contributed by atoms with Crippen LogP contribution in [0.2, 0.25) is 5.02 Å². The minimum absolute atomic E-state index is 0.00196. The smallest absolute Gasteiger partial charge is 0.257 e. The summed E-state index contributed by atoms with van der Waals surface area (Å²) in [6.07, 6.45) is 0. The van der Waals surface area contributed by atoms with Crippen LogP contribution in [0.15, 0.2) is 71.6 Å². The van der Waals surface area contributed by atoms with E-state index < -0.39 is 21.7 Å². The Morgan fingerprint density at radius 1 is 1.03 bits per heavy atom. The number of amides is 1. The molecule has 0 aliphatic rings. The molecule has 0 aliphatic carbocycles. The molecule has 1 amide bonds. The molecule has 0 atom stereocenters. The van der Waals surface area contributed by atoms with Crippen molar-refractivity contribution in [1.82, 2.24) is 4.31 Å². The molecule has 3 aromatic rings. The van der Waals surface area contributed by atoms with Gasteiger partial charge in [0.2, 0.25) is 10.0 Å². The first-order valence-electron chi connectivity index (χ1n) is 9.89. The summed E-state index contributed by atoms with van der Waals surface area (Å²) >= 11 is 6.01. The van der Waals surface area contributed by atoms with E-state index in [1.54, 1.807) is 38.1 Å². The molecular formula is C23H22ClFN2O4S. The summed E-state index contributed by atoms with van der Waals surface area (Å²) in [5.74, 6) is -0.472. The maximum atomic E-state index is 13.4. The molecule has 0 spiro atoms. The first-order valence-corrected chi connectivity index (χ1v) is 11.7. The van der Waals surface area contributed by atoms with Crippen LogP contribution in [0.4, 0.5) is 10.1 Å². The van der Waals surface area contributed by atoms with Gasteiger partial charge in [-0.3, -0.25) is 4.79 Å². The molecule has 168 valence electrons. The zero-order valence-electron chi connectivity index (χ0n) is 17.5. The summed E-state index contributed by atoms with van der Waals surface area (Å²) in [6, 6.07) is 16.5. The zero-order chi connectivity index (χ0) is 23.3. The predicted octanol–water partition coefficient (Wildman–Crippen LogP) is 5.55. The molecule has 0 fully saturated rings. The number of halogens is 2. The Balaban J connectivity index is 2.03. The van der Waals surface area contributed by atoms with E-state index in [2.05, 4.69) is 5.32 Å². The van der Waals surface area contributed by atoms with E-state index >= 15 is 0 Å². The van der Waals surface area contributed by atoms with E-state index in [4.69, 9.17) is 16.3 Å². The van der Waals surface area contributed by atoms with E-state index in [0.717, 1.165) is 12.1 Å². The van der Waals surface area contributed by atoms with E-state index in [1.165, 1.54) is 28.6 Å². The molecule has 0 bridgehead atoms. The van der Waals surface area contributed by atoms with Gasteiger partial charge in [0.1, 0.15) is 11.6 Å². The van der Waals surface area contributed by atoms with Gasteiger partial charge < -0.3 is 10.1 Å². The normalized spacial score (nSPS) is 11.4. The highest BCUT2D eigenvalue weighted by molar-refractivity contribution is 7.89. The van der Waals surface area contributed by atoms with Crippen LogP contribution in [0.25, 0.3) is 0 Å². The summed E-state index contributed by atoms with van der Waals surface area (Å²) < 4.78 is 46.5. The summed E-state index contributed by atoms with van der Waals surface area (Å²) in [6.45, 7) is 4.09. The Labute approximate surface area is 191 Å². The number of anilines is 1. The molecule has 0 aromatic heterocycles. The Kier molecular flexibility index (Phi) is 7.50. The van der Waals surface area contributed by atoms with Crippen molar-refractivity contribution in [1.29, 1.82) is 0 Å². The van der Waals surface area contributed by atoms with Crippen molar-refractivity contribution in [2.75, 3.05) is 18.4 Å². The van der Waals surface area contributed by atoms with Crippen LogP contribution in [-0.2, 0) is 10.0 Å². The molecule has 9 heteroatoms. The second kappa shape index (κ2) is 10.1. The quantitative estimate of drug-likeness (QED) is 0.462. The molecule has 3 aromatic carbocycles. The maximum Gasteiger partial charge on any atom is 0.257 e. The number of para-hydroxylation sites is 1. The number of benzene rings is 3. The Morgan fingerprint density at radius 3 is 2.34 bits per heavy atom. The standard InChI is InChI=1S/C23H22ClFN2O4S/c1-3-27(4-2)32(29,30)18-11-13-22(31-17-8-6-5-7-9-17)21(15-18)26-23(28)19-12-10-16(25)14-20(19)24/h5-15H,3-4H2,1-2H3,(H,26,28). The van der Waals surface area contributed by atoms with E-state index in [1.807, 2.05) is 6.07 Å². The van der Waals surface area contributed by atoms with Crippen LogP contribution < -0.4 is 10.1 Å². The van der Waals surface area contributed by atoms with Gasteiger partial charge in [-0.05, 0) is 48.5 Å². The molecule has 0 radical (unpaired) electrons. The van der Waals surface area contributed by atoms with Gasteiger partial charge in [-0.15, -0.1) is 0 Å². The van der Waals surface area contributed by atoms with Gasteiger partial charge in [-0.1, -0.05) is 43.6 Å². The third kappa shape index (κ3) is 5.27. The fourth-order valence-corrected chi connectivity index (χ4v) is 4.79. The lowest BCUT2D eigenvalue weighted by atomic mass is 10.2. The number of nitrogens with one attached hydrogen (secondary N) is 1. The average molecular weight is 477 g/mol. The largest absolute Gasteiger partial charge is 0.455 e. The molecule has 3 rings (SSSR count). The van der Waals surface area contributed by atoms with Gasteiger partial charge in [0.15, 0.2) is 5.75 Å². The lowest BCUT2D eigenvalue weighted by molar-refractivity contribution is 0.102. The highest BCUT2D eigenvalue weighted by Crippen LogP contribution is 2.33. The van der Waals surface area contributed by atoms with E-state index in [0.29, 0.717) is 18.8 Å². The lowest BCUT2D eigenvalue weighted by Gasteiger charge is -2.20. The zero-order valence-corrected chi connectivity index (χ0v) is 19.1. The monoisotopic (exact) mass is 476 g/mol. The molecule has 32 heavy (non-hydrogen) atoms. The number of ether oxygens (including phenoxy) is 1. The molecule has 6 nitrogen and oxygen atoms in total. The molecule has 0 heterocycles. The summed E-state index contributed by atoms with van der Waals surface area (Å²) in [5, 5.41) is 2.57. The van der Waals surface area contributed by atoms with E-state index in [9.17, 15) is 17.6 Å². The predicted molar refractivity (Wildman–Crippen MR) is 122 cm³/mol. The molecule has 0 unspecified atom stereocenters. The van der Waals surface area contributed by atoms with Crippen molar-refractivity contribution in [2.24, 2.45) is 0 Å². The summed E-state index contributed by atoms with van der Waals surface area (Å²) in [7, 11) is -3.78.